The van der Waals surface area contributed by atoms with E-state index in [-0.39, 0.29) is 5.56 Å². The molecule has 2 aliphatic heterocycles. The SMILES string of the molecule is O=C(O)c1ccc(CNC2CCN3CCCCC23)nc1. The Morgan fingerprint density at radius 3 is 3.00 bits per heavy atom. The second kappa shape index (κ2) is 5.89. The molecule has 2 N–H and O–H groups in total. The Morgan fingerprint density at radius 2 is 2.25 bits per heavy atom. The first-order valence-electron chi connectivity index (χ1n) is 7.40. The van der Waals surface area contributed by atoms with Crippen molar-refractivity contribution in [2.75, 3.05) is 13.1 Å². The quantitative estimate of drug-likeness (QED) is 0.871. The molecule has 2 fully saturated rings. The molecule has 0 amide bonds. The summed E-state index contributed by atoms with van der Waals surface area (Å²) in [4.78, 5) is 17.6. The van der Waals surface area contributed by atoms with Crippen molar-refractivity contribution in [1.29, 1.82) is 0 Å². The zero-order chi connectivity index (χ0) is 13.9. The molecule has 3 heterocycles. The third kappa shape index (κ3) is 2.83. The predicted octanol–water partition coefficient (Wildman–Crippen LogP) is 1.50. The minimum Gasteiger partial charge on any atom is -0.478 e. The number of carboxylic acids is 1. The van der Waals surface area contributed by atoms with Crippen LogP contribution < -0.4 is 5.32 Å². The smallest absolute Gasteiger partial charge is 0.337 e. The molecule has 108 valence electrons. The summed E-state index contributed by atoms with van der Waals surface area (Å²) >= 11 is 0. The summed E-state index contributed by atoms with van der Waals surface area (Å²) < 4.78 is 0. The lowest BCUT2D eigenvalue weighted by molar-refractivity contribution is 0.0696. The summed E-state index contributed by atoms with van der Waals surface area (Å²) in [6.07, 6.45) is 6.61. The van der Waals surface area contributed by atoms with Crippen LogP contribution in [0.2, 0.25) is 0 Å². The molecule has 2 saturated heterocycles. The molecule has 1 aromatic heterocycles. The Bertz CT molecular complexity index is 475. The van der Waals surface area contributed by atoms with Crippen LogP contribution in [0.1, 0.15) is 41.7 Å². The largest absolute Gasteiger partial charge is 0.478 e. The molecule has 0 spiro atoms. The van der Waals surface area contributed by atoms with Crippen LogP contribution in [-0.4, -0.2) is 46.1 Å². The van der Waals surface area contributed by atoms with Gasteiger partial charge in [0.05, 0.1) is 11.3 Å². The molecule has 2 atom stereocenters. The Labute approximate surface area is 119 Å². The van der Waals surface area contributed by atoms with Crippen LogP contribution >= 0.6 is 0 Å². The van der Waals surface area contributed by atoms with E-state index >= 15 is 0 Å². The molecular formula is C15H21N3O2. The number of carbonyl (C=O) groups is 1. The van der Waals surface area contributed by atoms with Crippen molar-refractivity contribution in [3.63, 3.8) is 0 Å². The number of piperidine rings is 1. The second-order valence-corrected chi connectivity index (χ2v) is 5.72. The third-order valence-corrected chi connectivity index (χ3v) is 4.47. The zero-order valence-electron chi connectivity index (χ0n) is 11.6. The Kier molecular flexibility index (Phi) is 3.98. The first kappa shape index (κ1) is 13.5. The number of aromatic carboxylic acids is 1. The summed E-state index contributed by atoms with van der Waals surface area (Å²) in [7, 11) is 0. The van der Waals surface area contributed by atoms with Crippen LogP contribution in [-0.2, 0) is 6.54 Å². The average molecular weight is 275 g/mol. The van der Waals surface area contributed by atoms with Gasteiger partial charge in [-0.2, -0.15) is 0 Å². The lowest BCUT2D eigenvalue weighted by Gasteiger charge is -2.32. The molecule has 2 aliphatic rings. The fourth-order valence-electron chi connectivity index (χ4n) is 3.38. The lowest BCUT2D eigenvalue weighted by atomic mass is 9.99. The highest BCUT2D eigenvalue weighted by Gasteiger charge is 2.34. The topological polar surface area (TPSA) is 65.5 Å². The van der Waals surface area contributed by atoms with Crippen LogP contribution in [0.3, 0.4) is 0 Å². The van der Waals surface area contributed by atoms with E-state index in [2.05, 4.69) is 15.2 Å². The Morgan fingerprint density at radius 1 is 1.35 bits per heavy atom. The minimum atomic E-state index is -0.925. The number of hydrogen-bond acceptors (Lipinski definition) is 4. The second-order valence-electron chi connectivity index (χ2n) is 5.72. The molecule has 0 bridgehead atoms. The van der Waals surface area contributed by atoms with Gasteiger partial charge in [-0.05, 0) is 37.9 Å². The van der Waals surface area contributed by atoms with Crippen molar-refractivity contribution >= 4 is 5.97 Å². The van der Waals surface area contributed by atoms with Crippen LogP contribution in [0.5, 0.6) is 0 Å². The molecule has 0 radical (unpaired) electrons. The number of pyridine rings is 1. The Balaban J connectivity index is 1.55. The van der Waals surface area contributed by atoms with Gasteiger partial charge in [0.25, 0.3) is 0 Å². The van der Waals surface area contributed by atoms with Crippen molar-refractivity contribution < 1.29 is 9.90 Å². The van der Waals surface area contributed by atoms with E-state index in [0.29, 0.717) is 12.1 Å². The number of fused-ring (bicyclic) bond motifs is 1. The normalized spacial score (nSPS) is 26.4. The number of rotatable bonds is 4. The summed E-state index contributed by atoms with van der Waals surface area (Å²) in [6.45, 7) is 3.16. The molecule has 0 aromatic carbocycles. The average Bonchev–Trinajstić information content (AvgIpc) is 2.89. The van der Waals surface area contributed by atoms with E-state index < -0.39 is 5.97 Å². The van der Waals surface area contributed by atoms with Gasteiger partial charge in [-0.15, -0.1) is 0 Å². The molecule has 5 heteroatoms. The van der Waals surface area contributed by atoms with Crippen molar-refractivity contribution in [3.8, 4) is 0 Å². The van der Waals surface area contributed by atoms with E-state index in [9.17, 15) is 4.79 Å². The number of aromatic nitrogens is 1. The standard InChI is InChI=1S/C15H21N3O2/c19-15(20)11-4-5-12(16-9-11)10-17-13-6-8-18-7-2-1-3-14(13)18/h4-5,9,13-14,17H,1-3,6-8,10H2,(H,19,20). The summed E-state index contributed by atoms with van der Waals surface area (Å²) in [5, 5.41) is 12.4. The molecule has 2 unspecified atom stereocenters. The van der Waals surface area contributed by atoms with Crippen molar-refractivity contribution in [3.05, 3.63) is 29.6 Å². The van der Waals surface area contributed by atoms with Gasteiger partial charge in [-0.1, -0.05) is 6.42 Å². The number of nitrogens with zero attached hydrogens (tertiary/aromatic N) is 2. The van der Waals surface area contributed by atoms with E-state index in [0.717, 1.165) is 12.2 Å². The van der Waals surface area contributed by atoms with Crippen molar-refractivity contribution in [2.45, 2.75) is 44.3 Å². The Hall–Kier alpha value is -1.46. The van der Waals surface area contributed by atoms with Crippen molar-refractivity contribution in [1.82, 2.24) is 15.2 Å². The first-order valence-corrected chi connectivity index (χ1v) is 7.40. The third-order valence-electron chi connectivity index (χ3n) is 4.47. The minimum absolute atomic E-state index is 0.244. The highest BCUT2D eigenvalue weighted by molar-refractivity contribution is 5.87. The van der Waals surface area contributed by atoms with Crippen LogP contribution in [0, 0.1) is 0 Å². The predicted molar refractivity (Wildman–Crippen MR) is 75.7 cm³/mol. The van der Waals surface area contributed by atoms with E-state index in [1.54, 1.807) is 12.1 Å². The van der Waals surface area contributed by atoms with E-state index in [1.165, 1.54) is 45.0 Å². The number of hydrogen-bond donors (Lipinski definition) is 2. The molecular weight excluding hydrogens is 254 g/mol. The molecule has 5 nitrogen and oxygen atoms in total. The van der Waals surface area contributed by atoms with Gasteiger partial charge in [0.2, 0.25) is 0 Å². The zero-order valence-corrected chi connectivity index (χ0v) is 11.6. The summed E-state index contributed by atoms with van der Waals surface area (Å²) in [5.74, 6) is -0.925. The van der Waals surface area contributed by atoms with Crippen LogP contribution in [0.15, 0.2) is 18.3 Å². The molecule has 0 saturated carbocycles. The highest BCUT2D eigenvalue weighted by Crippen LogP contribution is 2.27. The van der Waals surface area contributed by atoms with Gasteiger partial charge in [0, 0.05) is 31.4 Å². The fourth-order valence-corrected chi connectivity index (χ4v) is 3.38. The summed E-state index contributed by atoms with van der Waals surface area (Å²) in [6, 6.07) is 4.65. The molecule has 1 aromatic rings. The maximum Gasteiger partial charge on any atom is 0.337 e. The molecule has 20 heavy (non-hydrogen) atoms. The molecule has 3 rings (SSSR count). The fraction of sp³-hybridized carbons (Fsp3) is 0.600. The molecule has 0 aliphatic carbocycles. The number of nitrogens with one attached hydrogen (secondary N) is 1. The first-order chi connectivity index (χ1) is 9.74. The lowest BCUT2D eigenvalue weighted by Crippen LogP contribution is -2.44. The van der Waals surface area contributed by atoms with Gasteiger partial charge in [0.1, 0.15) is 0 Å². The van der Waals surface area contributed by atoms with E-state index in [1.807, 2.05) is 0 Å². The highest BCUT2D eigenvalue weighted by atomic mass is 16.4. The van der Waals surface area contributed by atoms with Crippen LogP contribution in [0.4, 0.5) is 0 Å². The van der Waals surface area contributed by atoms with Gasteiger partial charge in [-0.3, -0.25) is 9.88 Å². The monoisotopic (exact) mass is 275 g/mol. The maximum absolute atomic E-state index is 10.8. The van der Waals surface area contributed by atoms with Gasteiger partial charge >= 0.3 is 5.97 Å². The van der Waals surface area contributed by atoms with Gasteiger partial charge < -0.3 is 10.4 Å². The van der Waals surface area contributed by atoms with Gasteiger partial charge in [-0.25, -0.2) is 4.79 Å². The van der Waals surface area contributed by atoms with E-state index in [4.69, 9.17) is 5.11 Å². The van der Waals surface area contributed by atoms with Crippen LogP contribution in [0.25, 0.3) is 0 Å². The van der Waals surface area contributed by atoms with Crippen molar-refractivity contribution in [2.24, 2.45) is 0 Å². The maximum atomic E-state index is 10.8. The number of carboxylic acid groups (broad SMARTS) is 1. The summed E-state index contributed by atoms with van der Waals surface area (Å²) in [5.41, 5.74) is 1.15. The van der Waals surface area contributed by atoms with Gasteiger partial charge in [0.15, 0.2) is 0 Å².